The second-order valence-electron chi connectivity index (χ2n) is 24.1. The second kappa shape index (κ2) is 69.6. The van der Waals surface area contributed by atoms with Crippen LogP contribution in [0.3, 0.4) is 0 Å². The van der Waals surface area contributed by atoms with E-state index < -0.39 is 6.10 Å². The van der Waals surface area contributed by atoms with Crippen LogP contribution in [0.15, 0.2) is 60.8 Å². The summed E-state index contributed by atoms with van der Waals surface area (Å²) in [5.41, 5.74) is 0. The van der Waals surface area contributed by atoms with E-state index in [1.807, 2.05) is 0 Å². The van der Waals surface area contributed by atoms with Gasteiger partial charge in [0.15, 0.2) is 6.10 Å². The molecule has 81 heavy (non-hydrogen) atoms. The molecule has 0 fully saturated rings. The third-order valence-corrected chi connectivity index (χ3v) is 16.0. The molecule has 1 unspecified atom stereocenters. The van der Waals surface area contributed by atoms with Gasteiger partial charge >= 0.3 is 17.9 Å². The number of allylic oxidation sites excluding steroid dienone is 10. The highest BCUT2D eigenvalue weighted by atomic mass is 16.6. The van der Waals surface area contributed by atoms with E-state index in [1.54, 1.807) is 0 Å². The lowest BCUT2D eigenvalue weighted by atomic mass is 10.0. The van der Waals surface area contributed by atoms with Crippen molar-refractivity contribution in [3.63, 3.8) is 0 Å². The van der Waals surface area contributed by atoms with Gasteiger partial charge in [-0.15, -0.1) is 0 Å². The van der Waals surface area contributed by atoms with Gasteiger partial charge in [0.1, 0.15) is 13.2 Å². The molecule has 0 saturated heterocycles. The number of hydrogen-bond acceptors (Lipinski definition) is 6. The highest BCUT2D eigenvalue weighted by Crippen LogP contribution is 2.18. The van der Waals surface area contributed by atoms with Crippen LogP contribution in [0.25, 0.3) is 0 Å². The average Bonchev–Trinajstić information content (AvgIpc) is 3.47. The zero-order valence-corrected chi connectivity index (χ0v) is 54.3. The Bertz CT molecular complexity index is 1440. The van der Waals surface area contributed by atoms with E-state index in [1.165, 1.54) is 257 Å². The average molecular weight is 1130 g/mol. The molecule has 0 aromatic carbocycles. The molecule has 0 bridgehead atoms. The third kappa shape index (κ3) is 67.8. The Labute approximate surface area is 504 Å². The minimum Gasteiger partial charge on any atom is -0.462 e. The summed E-state index contributed by atoms with van der Waals surface area (Å²) in [6.07, 6.45) is 89.8. The highest BCUT2D eigenvalue weighted by molar-refractivity contribution is 5.71. The van der Waals surface area contributed by atoms with E-state index in [0.717, 1.165) is 83.5 Å². The van der Waals surface area contributed by atoms with Gasteiger partial charge in [0, 0.05) is 19.3 Å². The minimum atomic E-state index is -0.781. The van der Waals surface area contributed by atoms with Crippen LogP contribution in [-0.2, 0) is 28.6 Å². The molecule has 0 aliphatic rings. The summed E-state index contributed by atoms with van der Waals surface area (Å²) < 4.78 is 16.9. The number of carbonyl (C=O) groups excluding carboxylic acids is 3. The van der Waals surface area contributed by atoms with Crippen molar-refractivity contribution >= 4 is 17.9 Å². The zero-order valence-electron chi connectivity index (χ0n) is 54.3. The molecule has 1 atom stereocenters. The normalized spacial score (nSPS) is 12.4. The van der Waals surface area contributed by atoms with Crippen LogP contribution in [0.2, 0.25) is 0 Å². The van der Waals surface area contributed by atoms with Crippen LogP contribution in [0.5, 0.6) is 0 Å². The summed E-state index contributed by atoms with van der Waals surface area (Å²) in [7, 11) is 0. The fourth-order valence-corrected chi connectivity index (χ4v) is 10.6. The standard InChI is InChI=1S/C75H136O6/c1-4-7-10-13-16-19-22-25-27-29-31-32-33-34-35-36-37-38-39-40-41-42-43-44-45-47-48-50-53-56-59-62-65-68-74(77)80-71-72(70-79-73(76)67-64-61-58-55-52-24-21-18-15-12-9-6-3)81-75(78)69-66-63-60-57-54-51-49-46-30-28-26-23-20-17-14-11-8-5-2/h18,20-23,25,28-31,72H,4-17,19,24,26-27,32-71H2,1-3H3/b21-18-,23-20-,25-22-,30-28-,31-29-. The fourth-order valence-electron chi connectivity index (χ4n) is 10.6. The van der Waals surface area contributed by atoms with Gasteiger partial charge < -0.3 is 14.2 Å². The van der Waals surface area contributed by atoms with Gasteiger partial charge in [0.2, 0.25) is 0 Å². The summed E-state index contributed by atoms with van der Waals surface area (Å²) in [5, 5.41) is 0. The molecular weight excluding hydrogens is 997 g/mol. The highest BCUT2D eigenvalue weighted by Gasteiger charge is 2.19. The van der Waals surface area contributed by atoms with Crippen molar-refractivity contribution in [3.05, 3.63) is 60.8 Å². The fraction of sp³-hybridized carbons (Fsp3) is 0.827. The van der Waals surface area contributed by atoms with Gasteiger partial charge in [-0.1, -0.05) is 313 Å². The maximum Gasteiger partial charge on any atom is 0.306 e. The Balaban J connectivity index is 4.12. The molecule has 0 aliphatic carbocycles. The van der Waals surface area contributed by atoms with E-state index in [2.05, 4.69) is 81.5 Å². The largest absolute Gasteiger partial charge is 0.462 e. The first-order valence-corrected chi connectivity index (χ1v) is 35.8. The number of hydrogen-bond donors (Lipinski definition) is 0. The summed E-state index contributed by atoms with van der Waals surface area (Å²) >= 11 is 0. The second-order valence-corrected chi connectivity index (χ2v) is 24.1. The summed E-state index contributed by atoms with van der Waals surface area (Å²) in [4.78, 5) is 38.3. The molecule has 0 amide bonds. The maximum absolute atomic E-state index is 12.9. The van der Waals surface area contributed by atoms with Crippen molar-refractivity contribution in [3.8, 4) is 0 Å². The Morgan fingerprint density at radius 1 is 0.247 bits per heavy atom. The number of ether oxygens (including phenoxy) is 3. The number of esters is 3. The van der Waals surface area contributed by atoms with Crippen LogP contribution in [-0.4, -0.2) is 37.2 Å². The molecule has 6 nitrogen and oxygen atoms in total. The minimum absolute atomic E-state index is 0.0762. The monoisotopic (exact) mass is 1130 g/mol. The molecule has 472 valence electrons. The van der Waals surface area contributed by atoms with Crippen molar-refractivity contribution in [1.29, 1.82) is 0 Å². The Morgan fingerprint density at radius 2 is 0.444 bits per heavy atom. The van der Waals surface area contributed by atoms with Crippen molar-refractivity contribution in [2.24, 2.45) is 0 Å². The Hall–Kier alpha value is -2.89. The summed E-state index contributed by atoms with van der Waals surface area (Å²) in [5.74, 6) is -0.872. The van der Waals surface area contributed by atoms with Gasteiger partial charge in [0.25, 0.3) is 0 Å². The predicted octanol–water partition coefficient (Wildman–Crippen LogP) is 24.7. The van der Waals surface area contributed by atoms with E-state index in [4.69, 9.17) is 14.2 Å². The molecule has 0 rings (SSSR count). The molecule has 0 aliphatic heterocycles. The van der Waals surface area contributed by atoms with Crippen molar-refractivity contribution in [1.82, 2.24) is 0 Å². The van der Waals surface area contributed by atoms with E-state index >= 15 is 0 Å². The van der Waals surface area contributed by atoms with Crippen LogP contribution < -0.4 is 0 Å². The lowest BCUT2D eigenvalue weighted by molar-refractivity contribution is -0.167. The maximum atomic E-state index is 12.9. The van der Waals surface area contributed by atoms with Gasteiger partial charge in [-0.2, -0.15) is 0 Å². The van der Waals surface area contributed by atoms with Gasteiger partial charge in [0.05, 0.1) is 0 Å². The summed E-state index contributed by atoms with van der Waals surface area (Å²) in [6, 6.07) is 0. The number of unbranched alkanes of at least 4 members (excludes halogenated alkanes) is 45. The Kier molecular flexibility index (Phi) is 67.1. The summed E-state index contributed by atoms with van der Waals surface area (Å²) in [6.45, 7) is 6.63. The Morgan fingerprint density at radius 3 is 0.728 bits per heavy atom. The molecular formula is C75H136O6. The van der Waals surface area contributed by atoms with Crippen molar-refractivity contribution in [2.75, 3.05) is 13.2 Å². The van der Waals surface area contributed by atoms with Crippen molar-refractivity contribution < 1.29 is 28.6 Å². The van der Waals surface area contributed by atoms with E-state index in [-0.39, 0.29) is 31.1 Å². The molecule has 0 radical (unpaired) electrons. The lowest BCUT2D eigenvalue weighted by Crippen LogP contribution is -2.30. The smallest absolute Gasteiger partial charge is 0.306 e. The van der Waals surface area contributed by atoms with Crippen molar-refractivity contribution in [2.45, 2.75) is 386 Å². The first-order chi connectivity index (χ1) is 40.0. The van der Waals surface area contributed by atoms with Crippen LogP contribution in [0.1, 0.15) is 380 Å². The molecule has 0 saturated carbocycles. The lowest BCUT2D eigenvalue weighted by Gasteiger charge is -2.18. The number of carbonyl (C=O) groups is 3. The molecule has 0 spiro atoms. The topological polar surface area (TPSA) is 78.9 Å². The van der Waals surface area contributed by atoms with Crippen LogP contribution in [0, 0.1) is 0 Å². The first kappa shape index (κ1) is 78.1. The molecule has 0 heterocycles. The van der Waals surface area contributed by atoms with E-state index in [0.29, 0.717) is 19.3 Å². The molecule has 0 N–H and O–H groups in total. The zero-order chi connectivity index (χ0) is 58.5. The molecule has 6 heteroatoms. The van der Waals surface area contributed by atoms with Gasteiger partial charge in [-0.05, 0) is 109 Å². The third-order valence-electron chi connectivity index (χ3n) is 16.0. The van der Waals surface area contributed by atoms with Gasteiger partial charge in [-0.25, -0.2) is 0 Å². The quantitative estimate of drug-likeness (QED) is 0.0261. The van der Waals surface area contributed by atoms with E-state index in [9.17, 15) is 14.4 Å². The SMILES string of the molecule is CCCCC/C=C\CCCCCCCC(=O)OCC(COC(=O)CCCCCCCCCCCCCCCCCCCCCCC/C=C\C/C=C\CCCCCCC)OC(=O)CCCCCCCCC/C=C\C/C=C\CCCCCC. The first-order valence-electron chi connectivity index (χ1n) is 35.8. The van der Waals surface area contributed by atoms with Crippen LogP contribution in [0.4, 0.5) is 0 Å². The number of rotatable bonds is 66. The van der Waals surface area contributed by atoms with Gasteiger partial charge in [-0.3, -0.25) is 14.4 Å². The molecule has 0 aromatic rings. The van der Waals surface area contributed by atoms with Crippen LogP contribution >= 0.6 is 0 Å². The molecule has 0 aromatic heterocycles. The predicted molar refractivity (Wildman–Crippen MR) is 353 cm³/mol.